The van der Waals surface area contributed by atoms with Crippen molar-refractivity contribution in [1.82, 2.24) is 5.43 Å². The van der Waals surface area contributed by atoms with Crippen LogP contribution in [-0.2, 0) is 0 Å². The summed E-state index contributed by atoms with van der Waals surface area (Å²) in [6.45, 7) is 0. The Hall–Kier alpha value is -0.280. The molecule has 2 nitrogen and oxygen atoms in total. The normalized spacial score (nSPS) is 18.2. The zero-order chi connectivity index (χ0) is 10.1. The van der Waals surface area contributed by atoms with E-state index < -0.39 is 0 Å². The molecule has 0 spiro atoms. The summed E-state index contributed by atoms with van der Waals surface area (Å²) in [4.78, 5) is 0. The van der Waals surface area contributed by atoms with Crippen molar-refractivity contribution >= 4 is 23.2 Å². The van der Waals surface area contributed by atoms with Gasteiger partial charge in [-0.15, -0.1) is 0 Å². The van der Waals surface area contributed by atoms with Crippen molar-refractivity contribution in [2.75, 3.05) is 0 Å². The Kier molecular flexibility index (Phi) is 2.98. The predicted octanol–water partition coefficient (Wildman–Crippen LogP) is 2.91. The van der Waals surface area contributed by atoms with Gasteiger partial charge in [-0.05, 0) is 36.5 Å². The summed E-state index contributed by atoms with van der Waals surface area (Å²) in [5, 5.41) is 1.17. The first-order valence-corrected chi connectivity index (χ1v) is 5.39. The smallest absolute Gasteiger partial charge is 0.0595 e. The van der Waals surface area contributed by atoms with Gasteiger partial charge in [-0.2, -0.15) is 0 Å². The maximum Gasteiger partial charge on any atom is 0.0595 e. The molecular formula is C10H12Cl2N2. The van der Waals surface area contributed by atoms with Gasteiger partial charge in [0, 0.05) is 6.04 Å². The van der Waals surface area contributed by atoms with Gasteiger partial charge in [0.25, 0.3) is 0 Å². The quantitative estimate of drug-likeness (QED) is 0.620. The van der Waals surface area contributed by atoms with Crippen LogP contribution in [0, 0.1) is 5.92 Å². The molecule has 76 valence electrons. The Morgan fingerprint density at radius 2 is 2.00 bits per heavy atom. The lowest BCUT2D eigenvalue weighted by atomic mass is 10.0. The highest BCUT2D eigenvalue weighted by Crippen LogP contribution is 2.41. The summed E-state index contributed by atoms with van der Waals surface area (Å²) in [5.74, 6) is 6.16. The SMILES string of the molecule is NNC(c1ccc(Cl)c(Cl)c1)C1CC1. The van der Waals surface area contributed by atoms with Gasteiger partial charge in [0.2, 0.25) is 0 Å². The number of rotatable bonds is 3. The van der Waals surface area contributed by atoms with E-state index in [2.05, 4.69) is 5.43 Å². The Balaban J connectivity index is 2.25. The van der Waals surface area contributed by atoms with Gasteiger partial charge in [0.1, 0.15) is 0 Å². The highest BCUT2D eigenvalue weighted by molar-refractivity contribution is 6.42. The molecule has 0 bridgehead atoms. The third kappa shape index (κ3) is 2.04. The van der Waals surface area contributed by atoms with Gasteiger partial charge >= 0.3 is 0 Å². The monoisotopic (exact) mass is 230 g/mol. The van der Waals surface area contributed by atoms with E-state index in [0.717, 1.165) is 5.56 Å². The number of hydrazine groups is 1. The van der Waals surface area contributed by atoms with Crippen LogP contribution in [-0.4, -0.2) is 0 Å². The average Bonchev–Trinajstić information content (AvgIpc) is 2.96. The number of nitrogens with two attached hydrogens (primary N) is 1. The lowest BCUT2D eigenvalue weighted by Crippen LogP contribution is -2.29. The molecule has 0 saturated heterocycles. The van der Waals surface area contributed by atoms with Crippen LogP contribution in [0.4, 0.5) is 0 Å². The van der Waals surface area contributed by atoms with Gasteiger partial charge in [0.15, 0.2) is 0 Å². The molecule has 4 heteroatoms. The first-order chi connectivity index (χ1) is 6.72. The van der Waals surface area contributed by atoms with Crippen molar-refractivity contribution in [3.8, 4) is 0 Å². The summed E-state index contributed by atoms with van der Waals surface area (Å²) < 4.78 is 0. The Bertz CT molecular complexity index is 337. The van der Waals surface area contributed by atoms with E-state index >= 15 is 0 Å². The Morgan fingerprint density at radius 3 is 2.50 bits per heavy atom. The fourth-order valence-corrected chi connectivity index (χ4v) is 1.95. The minimum absolute atomic E-state index is 0.213. The minimum Gasteiger partial charge on any atom is -0.271 e. The van der Waals surface area contributed by atoms with Crippen molar-refractivity contribution in [2.45, 2.75) is 18.9 Å². The first-order valence-electron chi connectivity index (χ1n) is 4.63. The molecule has 0 radical (unpaired) electrons. The maximum absolute atomic E-state index is 5.94. The van der Waals surface area contributed by atoms with Crippen LogP contribution in [0.1, 0.15) is 24.4 Å². The number of hydrogen-bond acceptors (Lipinski definition) is 2. The summed E-state index contributed by atoms with van der Waals surface area (Å²) >= 11 is 11.8. The zero-order valence-corrected chi connectivity index (χ0v) is 9.15. The molecule has 1 aromatic rings. The van der Waals surface area contributed by atoms with E-state index in [-0.39, 0.29) is 6.04 Å². The molecule has 1 aliphatic rings. The van der Waals surface area contributed by atoms with E-state index in [1.165, 1.54) is 12.8 Å². The van der Waals surface area contributed by atoms with Crippen LogP contribution in [0.5, 0.6) is 0 Å². The second-order valence-corrected chi connectivity index (χ2v) is 4.47. The maximum atomic E-state index is 5.94. The fraction of sp³-hybridized carbons (Fsp3) is 0.400. The molecule has 0 aliphatic heterocycles. The first kappa shape index (κ1) is 10.2. The van der Waals surface area contributed by atoms with Crippen molar-refractivity contribution < 1.29 is 0 Å². The second kappa shape index (κ2) is 4.07. The standard InChI is InChI=1S/C10H12Cl2N2/c11-8-4-3-7(5-9(8)12)10(14-13)6-1-2-6/h3-6,10,14H,1-2,13H2. The molecule has 14 heavy (non-hydrogen) atoms. The largest absolute Gasteiger partial charge is 0.271 e. The zero-order valence-electron chi connectivity index (χ0n) is 7.63. The molecule has 1 unspecified atom stereocenters. The molecular weight excluding hydrogens is 219 g/mol. The van der Waals surface area contributed by atoms with E-state index in [4.69, 9.17) is 29.0 Å². The van der Waals surface area contributed by atoms with E-state index in [1.807, 2.05) is 18.2 Å². The van der Waals surface area contributed by atoms with Crippen molar-refractivity contribution in [3.63, 3.8) is 0 Å². The highest BCUT2D eigenvalue weighted by atomic mass is 35.5. The van der Waals surface area contributed by atoms with E-state index in [0.29, 0.717) is 16.0 Å². The third-order valence-corrected chi connectivity index (χ3v) is 3.31. The molecule has 1 aromatic carbocycles. The molecule has 0 amide bonds. The van der Waals surface area contributed by atoms with Crippen molar-refractivity contribution in [1.29, 1.82) is 0 Å². The molecule has 1 fully saturated rings. The average molecular weight is 231 g/mol. The number of hydrogen-bond donors (Lipinski definition) is 2. The van der Waals surface area contributed by atoms with Crippen LogP contribution >= 0.6 is 23.2 Å². The number of nitrogens with one attached hydrogen (secondary N) is 1. The lowest BCUT2D eigenvalue weighted by molar-refractivity contribution is 0.497. The summed E-state index contributed by atoms with van der Waals surface area (Å²) in [5.41, 5.74) is 3.94. The van der Waals surface area contributed by atoms with E-state index in [9.17, 15) is 0 Å². The van der Waals surface area contributed by atoms with Crippen molar-refractivity contribution in [2.24, 2.45) is 11.8 Å². The number of benzene rings is 1. The van der Waals surface area contributed by atoms with Gasteiger partial charge < -0.3 is 0 Å². The number of halogens is 2. The van der Waals surface area contributed by atoms with Crippen LogP contribution in [0.2, 0.25) is 10.0 Å². The van der Waals surface area contributed by atoms with Crippen molar-refractivity contribution in [3.05, 3.63) is 33.8 Å². The highest BCUT2D eigenvalue weighted by Gasteiger charge is 2.31. The van der Waals surface area contributed by atoms with Crippen LogP contribution in [0.15, 0.2) is 18.2 Å². The second-order valence-electron chi connectivity index (χ2n) is 3.66. The Labute approximate surface area is 93.4 Å². The summed E-state index contributed by atoms with van der Waals surface area (Å²) in [6, 6.07) is 5.88. The Morgan fingerprint density at radius 1 is 1.29 bits per heavy atom. The van der Waals surface area contributed by atoms with Gasteiger partial charge in [-0.25, -0.2) is 0 Å². The fourth-order valence-electron chi connectivity index (χ4n) is 1.64. The summed E-state index contributed by atoms with van der Waals surface area (Å²) in [6.07, 6.45) is 2.46. The van der Waals surface area contributed by atoms with Crippen LogP contribution < -0.4 is 11.3 Å². The van der Waals surface area contributed by atoms with E-state index in [1.54, 1.807) is 0 Å². The minimum atomic E-state index is 0.213. The van der Waals surface area contributed by atoms with Gasteiger partial charge in [-0.3, -0.25) is 11.3 Å². The van der Waals surface area contributed by atoms with Crippen LogP contribution in [0.25, 0.3) is 0 Å². The molecule has 0 heterocycles. The molecule has 3 N–H and O–H groups in total. The van der Waals surface area contributed by atoms with Gasteiger partial charge in [-0.1, -0.05) is 29.3 Å². The lowest BCUT2D eigenvalue weighted by Gasteiger charge is -2.15. The van der Waals surface area contributed by atoms with Gasteiger partial charge in [0.05, 0.1) is 10.0 Å². The molecule has 1 saturated carbocycles. The predicted molar refractivity (Wildman–Crippen MR) is 59.3 cm³/mol. The summed E-state index contributed by atoms with van der Waals surface area (Å²) in [7, 11) is 0. The molecule has 0 aromatic heterocycles. The topological polar surface area (TPSA) is 38.0 Å². The molecule has 1 atom stereocenters. The molecule has 1 aliphatic carbocycles. The molecule has 2 rings (SSSR count). The van der Waals surface area contributed by atoms with Crippen LogP contribution in [0.3, 0.4) is 0 Å². The third-order valence-electron chi connectivity index (χ3n) is 2.58.